The molecule has 0 aliphatic heterocycles. The monoisotopic (exact) mass is 226 g/mol. The largest absolute Gasteiger partial charge is 0.316 e. The van der Waals surface area contributed by atoms with E-state index in [0.29, 0.717) is 5.41 Å². The van der Waals surface area contributed by atoms with Gasteiger partial charge in [-0.05, 0) is 25.2 Å². The second kappa shape index (κ2) is 5.61. The molecule has 3 heteroatoms. The molecule has 1 rings (SSSR count). The molecule has 0 radical (unpaired) electrons. The van der Waals surface area contributed by atoms with E-state index in [1.807, 2.05) is 5.51 Å². The van der Waals surface area contributed by atoms with Crippen LogP contribution in [0, 0.1) is 12.3 Å². The summed E-state index contributed by atoms with van der Waals surface area (Å²) < 4.78 is 0. The molecule has 0 spiro atoms. The van der Waals surface area contributed by atoms with Gasteiger partial charge in [0.1, 0.15) is 0 Å². The molecule has 1 aromatic rings. The molecule has 2 nitrogen and oxygen atoms in total. The standard InChI is InChI=1S/C12H22N2S/c1-5-12(3,4)8-13-7-6-11-10(2)14-9-15-11/h9,13H,5-8H2,1-4H3. The number of nitrogens with zero attached hydrogens (tertiary/aromatic N) is 1. The summed E-state index contributed by atoms with van der Waals surface area (Å²) in [6.07, 6.45) is 2.33. The van der Waals surface area contributed by atoms with Gasteiger partial charge < -0.3 is 5.32 Å². The molecular weight excluding hydrogens is 204 g/mol. The molecule has 0 atom stereocenters. The second-order valence-electron chi connectivity index (χ2n) is 4.81. The Morgan fingerprint density at radius 1 is 1.47 bits per heavy atom. The van der Waals surface area contributed by atoms with E-state index in [-0.39, 0.29) is 0 Å². The van der Waals surface area contributed by atoms with E-state index in [4.69, 9.17) is 0 Å². The molecule has 0 aliphatic carbocycles. The maximum Gasteiger partial charge on any atom is 0.0797 e. The average Bonchev–Trinajstić information content (AvgIpc) is 2.59. The van der Waals surface area contributed by atoms with Crippen LogP contribution >= 0.6 is 11.3 Å². The lowest BCUT2D eigenvalue weighted by atomic mass is 9.90. The minimum Gasteiger partial charge on any atom is -0.316 e. The van der Waals surface area contributed by atoms with Gasteiger partial charge in [-0.2, -0.15) is 0 Å². The van der Waals surface area contributed by atoms with Crippen molar-refractivity contribution in [2.75, 3.05) is 13.1 Å². The predicted octanol–water partition coefficient (Wildman–Crippen LogP) is 3.02. The SMILES string of the molecule is CCC(C)(C)CNCCc1scnc1C. The summed E-state index contributed by atoms with van der Waals surface area (Å²) >= 11 is 1.76. The topological polar surface area (TPSA) is 24.9 Å². The summed E-state index contributed by atoms with van der Waals surface area (Å²) in [7, 11) is 0. The molecule has 0 aliphatic rings. The van der Waals surface area contributed by atoms with Crippen molar-refractivity contribution in [3.63, 3.8) is 0 Å². The van der Waals surface area contributed by atoms with Crippen LogP contribution in [0.25, 0.3) is 0 Å². The summed E-state index contributed by atoms with van der Waals surface area (Å²) in [5.41, 5.74) is 3.54. The van der Waals surface area contributed by atoms with Crippen molar-refractivity contribution in [1.29, 1.82) is 0 Å². The molecule has 0 amide bonds. The van der Waals surface area contributed by atoms with Crippen molar-refractivity contribution in [3.05, 3.63) is 16.1 Å². The molecule has 1 N–H and O–H groups in total. The Bertz CT molecular complexity index is 292. The van der Waals surface area contributed by atoms with Crippen molar-refractivity contribution >= 4 is 11.3 Å². The summed E-state index contributed by atoms with van der Waals surface area (Å²) in [5, 5.41) is 3.52. The number of aromatic nitrogens is 1. The highest BCUT2D eigenvalue weighted by atomic mass is 32.1. The van der Waals surface area contributed by atoms with Crippen molar-refractivity contribution in [2.45, 2.75) is 40.5 Å². The van der Waals surface area contributed by atoms with Crippen LogP contribution in [0.4, 0.5) is 0 Å². The normalized spacial score (nSPS) is 12.0. The smallest absolute Gasteiger partial charge is 0.0797 e. The average molecular weight is 226 g/mol. The Kier molecular flexibility index (Phi) is 4.74. The van der Waals surface area contributed by atoms with Gasteiger partial charge in [-0.25, -0.2) is 4.98 Å². The van der Waals surface area contributed by atoms with E-state index in [1.165, 1.54) is 17.0 Å². The lowest BCUT2D eigenvalue weighted by Crippen LogP contribution is -2.30. The lowest BCUT2D eigenvalue weighted by molar-refractivity contribution is 0.330. The van der Waals surface area contributed by atoms with Crippen LogP contribution in [0.1, 0.15) is 37.8 Å². The third kappa shape index (κ3) is 4.31. The van der Waals surface area contributed by atoms with Gasteiger partial charge in [-0.15, -0.1) is 11.3 Å². The molecule has 0 saturated carbocycles. The van der Waals surface area contributed by atoms with Crippen molar-refractivity contribution < 1.29 is 0 Å². The Balaban J connectivity index is 2.20. The molecule has 1 aromatic heterocycles. The first-order chi connectivity index (χ1) is 7.05. The first-order valence-corrected chi connectivity index (χ1v) is 6.53. The highest BCUT2D eigenvalue weighted by Gasteiger charge is 2.13. The van der Waals surface area contributed by atoms with E-state index in [1.54, 1.807) is 11.3 Å². The fraction of sp³-hybridized carbons (Fsp3) is 0.750. The summed E-state index contributed by atoms with van der Waals surface area (Å²) in [4.78, 5) is 5.66. The fourth-order valence-electron chi connectivity index (χ4n) is 1.32. The van der Waals surface area contributed by atoms with Crippen molar-refractivity contribution in [3.8, 4) is 0 Å². The van der Waals surface area contributed by atoms with Gasteiger partial charge in [0.15, 0.2) is 0 Å². The zero-order chi connectivity index (χ0) is 11.3. The number of aryl methyl sites for hydroxylation is 1. The Hall–Kier alpha value is -0.410. The van der Waals surface area contributed by atoms with E-state index in [2.05, 4.69) is 38.0 Å². The number of hydrogen-bond acceptors (Lipinski definition) is 3. The number of hydrogen-bond donors (Lipinski definition) is 1. The third-order valence-electron chi connectivity index (χ3n) is 2.93. The summed E-state index contributed by atoms with van der Waals surface area (Å²) in [6.45, 7) is 11.1. The zero-order valence-corrected chi connectivity index (χ0v) is 11.1. The zero-order valence-electron chi connectivity index (χ0n) is 10.3. The molecule has 0 bridgehead atoms. The molecular formula is C12H22N2S. The van der Waals surface area contributed by atoms with Crippen LogP contribution in [0.5, 0.6) is 0 Å². The van der Waals surface area contributed by atoms with Crippen LogP contribution in [0.3, 0.4) is 0 Å². The Morgan fingerprint density at radius 2 is 2.20 bits per heavy atom. The highest BCUT2D eigenvalue weighted by molar-refractivity contribution is 7.09. The van der Waals surface area contributed by atoms with Crippen molar-refractivity contribution in [2.24, 2.45) is 5.41 Å². The molecule has 0 fully saturated rings. The van der Waals surface area contributed by atoms with Crippen LogP contribution in [0.15, 0.2) is 5.51 Å². The van der Waals surface area contributed by atoms with E-state index < -0.39 is 0 Å². The number of nitrogens with one attached hydrogen (secondary N) is 1. The van der Waals surface area contributed by atoms with E-state index in [9.17, 15) is 0 Å². The third-order valence-corrected chi connectivity index (χ3v) is 3.93. The van der Waals surface area contributed by atoms with Crippen LogP contribution in [0.2, 0.25) is 0 Å². The first-order valence-electron chi connectivity index (χ1n) is 5.65. The molecule has 0 unspecified atom stereocenters. The first kappa shape index (κ1) is 12.7. The highest BCUT2D eigenvalue weighted by Crippen LogP contribution is 2.18. The maximum atomic E-state index is 4.25. The fourth-order valence-corrected chi connectivity index (χ4v) is 2.10. The minimum absolute atomic E-state index is 0.419. The van der Waals surface area contributed by atoms with Gasteiger partial charge in [-0.1, -0.05) is 20.8 Å². The Labute approximate surface area is 97.1 Å². The maximum absolute atomic E-state index is 4.25. The van der Waals surface area contributed by atoms with Gasteiger partial charge in [-0.3, -0.25) is 0 Å². The quantitative estimate of drug-likeness (QED) is 0.754. The van der Waals surface area contributed by atoms with Gasteiger partial charge in [0.25, 0.3) is 0 Å². The summed E-state index contributed by atoms with van der Waals surface area (Å²) in [6, 6.07) is 0. The van der Waals surface area contributed by atoms with Gasteiger partial charge in [0.2, 0.25) is 0 Å². The second-order valence-corrected chi connectivity index (χ2v) is 5.74. The predicted molar refractivity (Wildman–Crippen MR) is 67.5 cm³/mol. The van der Waals surface area contributed by atoms with Crippen LogP contribution in [-0.4, -0.2) is 18.1 Å². The summed E-state index contributed by atoms with van der Waals surface area (Å²) in [5.74, 6) is 0. The minimum atomic E-state index is 0.419. The van der Waals surface area contributed by atoms with Crippen LogP contribution < -0.4 is 5.32 Å². The van der Waals surface area contributed by atoms with Crippen LogP contribution in [-0.2, 0) is 6.42 Å². The molecule has 0 saturated heterocycles. The lowest BCUT2D eigenvalue weighted by Gasteiger charge is -2.22. The van der Waals surface area contributed by atoms with Gasteiger partial charge in [0.05, 0.1) is 11.2 Å². The molecule has 15 heavy (non-hydrogen) atoms. The van der Waals surface area contributed by atoms with E-state index in [0.717, 1.165) is 19.5 Å². The van der Waals surface area contributed by atoms with E-state index >= 15 is 0 Å². The molecule has 86 valence electrons. The molecule has 1 heterocycles. The van der Waals surface area contributed by atoms with Crippen molar-refractivity contribution in [1.82, 2.24) is 10.3 Å². The Morgan fingerprint density at radius 3 is 2.73 bits per heavy atom. The number of rotatable bonds is 6. The van der Waals surface area contributed by atoms with Gasteiger partial charge >= 0.3 is 0 Å². The molecule has 0 aromatic carbocycles. The van der Waals surface area contributed by atoms with Gasteiger partial charge in [0, 0.05) is 18.0 Å². The number of thiazole rings is 1.